The Balaban J connectivity index is 1.47. The zero-order valence-electron chi connectivity index (χ0n) is 21.2. The molecule has 1 aromatic carbocycles. The van der Waals surface area contributed by atoms with Crippen LogP contribution in [0.4, 0.5) is 29.6 Å². The molecule has 3 aromatic rings. The minimum Gasteiger partial charge on any atom is -0.469 e. The average molecular weight is 544 g/mol. The van der Waals surface area contributed by atoms with E-state index in [-0.39, 0.29) is 36.8 Å². The van der Waals surface area contributed by atoms with Crippen molar-refractivity contribution >= 4 is 23.7 Å². The molecule has 0 spiro atoms. The highest BCUT2D eigenvalue weighted by molar-refractivity contribution is 5.72. The standard InChI is InChI=1S/C27H28F3N5O4/c1-39-24(36)14-19-5-3-2-4-17(19)6-8-23-21(27(28,29)30)16-32-25(34-23)33-20-7-9-22(31-15-20)18-10-12-35(13-11-18)26(37)38/h2-5,7,9,15-16,18H,6,8,10-14H2,1H3,(H,37,38)(H,32,33,34). The second kappa shape index (κ2) is 12.1. The van der Waals surface area contributed by atoms with E-state index in [1.54, 1.807) is 36.5 Å². The first-order valence-electron chi connectivity index (χ1n) is 12.4. The lowest BCUT2D eigenvalue weighted by Crippen LogP contribution is -2.36. The van der Waals surface area contributed by atoms with Gasteiger partial charge in [-0.3, -0.25) is 9.78 Å². The normalized spacial score (nSPS) is 14.2. The number of esters is 1. The monoisotopic (exact) mass is 543 g/mol. The Morgan fingerprint density at radius 1 is 1.05 bits per heavy atom. The van der Waals surface area contributed by atoms with Crippen LogP contribution in [0.25, 0.3) is 0 Å². The molecule has 1 saturated heterocycles. The summed E-state index contributed by atoms with van der Waals surface area (Å²) < 4.78 is 45.9. The summed E-state index contributed by atoms with van der Waals surface area (Å²) in [5.74, 6) is -0.298. The minimum atomic E-state index is -4.63. The van der Waals surface area contributed by atoms with Gasteiger partial charge in [0, 0.05) is 30.9 Å². The molecule has 0 radical (unpaired) electrons. The number of nitrogens with zero attached hydrogens (tertiary/aromatic N) is 4. The molecule has 1 aliphatic heterocycles. The lowest BCUT2D eigenvalue weighted by Gasteiger charge is -2.29. The number of rotatable bonds is 8. The first kappa shape index (κ1) is 27.8. The maximum absolute atomic E-state index is 13.7. The topological polar surface area (TPSA) is 118 Å². The second-order valence-electron chi connectivity index (χ2n) is 9.21. The fourth-order valence-corrected chi connectivity index (χ4v) is 4.58. The van der Waals surface area contributed by atoms with Gasteiger partial charge >= 0.3 is 18.2 Å². The third-order valence-electron chi connectivity index (χ3n) is 6.71. The molecule has 0 unspecified atom stereocenters. The molecule has 0 atom stereocenters. The number of nitrogens with one attached hydrogen (secondary N) is 1. The third kappa shape index (κ3) is 7.21. The van der Waals surface area contributed by atoms with Gasteiger partial charge in [-0.2, -0.15) is 13.2 Å². The van der Waals surface area contributed by atoms with E-state index in [0.717, 1.165) is 17.5 Å². The zero-order valence-corrected chi connectivity index (χ0v) is 21.2. The summed E-state index contributed by atoms with van der Waals surface area (Å²) in [6.07, 6.45) is -1.65. The number of halogens is 3. The first-order chi connectivity index (χ1) is 18.6. The van der Waals surface area contributed by atoms with Crippen LogP contribution < -0.4 is 5.32 Å². The molecule has 4 rings (SSSR count). The number of hydrogen-bond donors (Lipinski definition) is 2. The van der Waals surface area contributed by atoms with E-state index in [2.05, 4.69) is 20.3 Å². The van der Waals surface area contributed by atoms with Gasteiger partial charge in [-0.05, 0) is 48.9 Å². The van der Waals surface area contributed by atoms with E-state index in [9.17, 15) is 22.8 Å². The smallest absolute Gasteiger partial charge is 0.419 e. The van der Waals surface area contributed by atoms with E-state index < -0.39 is 23.8 Å². The molecule has 1 amide bonds. The van der Waals surface area contributed by atoms with Gasteiger partial charge in [-0.25, -0.2) is 14.8 Å². The maximum atomic E-state index is 13.7. The van der Waals surface area contributed by atoms with E-state index >= 15 is 0 Å². The van der Waals surface area contributed by atoms with Crippen molar-refractivity contribution in [3.05, 3.63) is 76.9 Å². The van der Waals surface area contributed by atoms with Crippen molar-refractivity contribution in [2.45, 2.75) is 44.2 Å². The SMILES string of the molecule is COC(=O)Cc1ccccc1CCc1nc(Nc2ccc(C3CCN(C(=O)O)CC3)nc2)ncc1C(F)(F)F. The molecule has 2 aromatic heterocycles. The van der Waals surface area contributed by atoms with Crippen LogP contribution >= 0.6 is 0 Å². The van der Waals surface area contributed by atoms with Crippen LogP contribution in [0.3, 0.4) is 0 Å². The summed E-state index contributed by atoms with van der Waals surface area (Å²) in [7, 11) is 1.28. The molecular formula is C27H28F3N5O4. The Morgan fingerprint density at radius 3 is 2.38 bits per heavy atom. The molecule has 1 fully saturated rings. The van der Waals surface area contributed by atoms with Crippen LogP contribution in [0, 0.1) is 0 Å². The molecule has 1 aliphatic rings. The number of likely N-dealkylation sites (tertiary alicyclic amines) is 1. The first-order valence-corrected chi connectivity index (χ1v) is 12.4. The van der Waals surface area contributed by atoms with Gasteiger partial charge in [0.1, 0.15) is 0 Å². The molecule has 39 heavy (non-hydrogen) atoms. The molecule has 2 N–H and O–H groups in total. The lowest BCUT2D eigenvalue weighted by atomic mass is 9.93. The average Bonchev–Trinajstić information content (AvgIpc) is 2.92. The van der Waals surface area contributed by atoms with Crippen LogP contribution in [0.5, 0.6) is 0 Å². The number of amides is 1. The van der Waals surface area contributed by atoms with Crippen molar-refractivity contribution in [2.24, 2.45) is 0 Å². The van der Waals surface area contributed by atoms with Crippen molar-refractivity contribution < 1.29 is 32.6 Å². The third-order valence-corrected chi connectivity index (χ3v) is 6.71. The highest BCUT2D eigenvalue weighted by Crippen LogP contribution is 2.32. The lowest BCUT2D eigenvalue weighted by molar-refractivity contribution is -0.140. The Kier molecular flexibility index (Phi) is 8.62. The minimum absolute atomic E-state index is 0.00478. The fourth-order valence-electron chi connectivity index (χ4n) is 4.58. The highest BCUT2D eigenvalue weighted by Gasteiger charge is 2.35. The van der Waals surface area contributed by atoms with Crippen molar-refractivity contribution in [3.63, 3.8) is 0 Å². The predicted octanol–water partition coefficient (Wildman–Crippen LogP) is 4.99. The Hall–Kier alpha value is -4.22. The number of aromatic nitrogens is 3. The maximum Gasteiger partial charge on any atom is 0.419 e. The van der Waals surface area contributed by atoms with E-state index in [0.29, 0.717) is 37.2 Å². The number of alkyl halides is 3. The summed E-state index contributed by atoms with van der Waals surface area (Å²) in [5.41, 5.74) is 1.67. The highest BCUT2D eigenvalue weighted by atomic mass is 19.4. The quantitative estimate of drug-likeness (QED) is 0.382. The second-order valence-corrected chi connectivity index (χ2v) is 9.21. The zero-order chi connectivity index (χ0) is 28.0. The summed E-state index contributed by atoms with van der Waals surface area (Å²) in [5, 5.41) is 12.0. The van der Waals surface area contributed by atoms with Crippen molar-refractivity contribution in [1.29, 1.82) is 0 Å². The van der Waals surface area contributed by atoms with Crippen LogP contribution in [-0.4, -0.2) is 57.2 Å². The number of ether oxygens (including phenoxy) is 1. The number of carbonyl (C=O) groups is 2. The van der Waals surface area contributed by atoms with Gasteiger partial charge in [0.25, 0.3) is 0 Å². The van der Waals surface area contributed by atoms with Crippen LogP contribution in [0.1, 0.15) is 46.8 Å². The summed E-state index contributed by atoms with van der Waals surface area (Å²) >= 11 is 0. The number of aryl methyl sites for hydroxylation is 2. The molecule has 9 nitrogen and oxygen atoms in total. The van der Waals surface area contributed by atoms with Crippen molar-refractivity contribution in [2.75, 3.05) is 25.5 Å². The molecular weight excluding hydrogens is 515 g/mol. The molecule has 3 heterocycles. The Bertz CT molecular complexity index is 1310. The predicted molar refractivity (Wildman–Crippen MR) is 136 cm³/mol. The van der Waals surface area contributed by atoms with E-state index in [1.165, 1.54) is 12.0 Å². The summed E-state index contributed by atoms with van der Waals surface area (Å²) in [6.45, 7) is 0.883. The van der Waals surface area contributed by atoms with Crippen LogP contribution in [0.2, 0.25) is 0 Å². The van der Waals surface area contributed by atoms with Gasteiger partial charge in [0.15, 0.2) is 0 Å². The van der Waals surface area contributed by atoms with Crippen molar-refractivity contribution in [3.8, 4) is 0 Å². The van der Waals surface area contributed by atoms with Crippen LogP contribution in [0.15, 0.2) is 48.8 Å². The van der Waals surface area contributed by atoms with E-state index in [1.807, 2.05) is 6.07 Å². The number of piperidine rings is 1. The van der Waals surface area contributed by atoms with Gasteiger partial charge in [0.2, 0.25) is 5.95 Å². The number of carbonyl (C=O) groups excluding carboxylic acids is 1. The van der Waals surface area contributed by atoms with E-state index in [4.69, 9.17) is 9.84 Å². The van der Waals surface area contributed by atoms with Gasteiger partial charge < -0.3 is 20.1 Å². The van der Waals surface area contributed by atoms with Crippen LogP contribution in [-0.2, 0) is 35.0 Å². The molecule has 0 saturated carbocycles. The molecule has 0 aliphatic carbocycles. The number of hydrogen-bond acceptors (Lipinski definition) is 7. The summed E-state index contributed by atoms with van der Waals surface area (Å²) in [6, 6.07) is 10.6. The number of carboxylic acid groups (broad SMARTS) is 1. The number of methoxy groups -OCH3 is 1. The summed E-state index contributed by atoms with van der Waals surface area (Å²) in [4.78, 5) is 36.7. The van der Waals surface area contributed by atoms with Crippen molar-refractivity contribution in [1.82, 2.24) is 19.9 Å². The Labute approximate surface area is 223 Å². The van der Waals surface area contributed by atoms with Gasteiger partial charge in [-0.15, -0.1) is 0 Å². The number of anilines is 2. The molecule has 12 heteroatoms. The Morgan fingerprint density at radius 2 is 1.77 bits per heavy atom. The molecule has 0 bridgehead atoms. The molecule has 206 valence electrons. The largest absolute Gasteiger partial charge is 0.469 e. The van der Waals surface area contributed by atoms with Gasteiger partial charge in [0.05, 0.1) is 36.7 Å². The van der Waals surface area contributed by atoms with Gasteiger partial charge in [-0.1, -0.05) is 24.3 Å². The fraction of sp³-hybridized carbons (Fsp3) is 0.370. The number of pyridine rings is 1. The number of benzene rings is 1.